The molecule has 0 saturated carbocycles. The van der Waals surface area contributed by atoms with E-state index in [0.717, 1.165) is 5.82 Å². The van der Waals surface area contributed by atoms with Crippen LogP contribution in [0.5, 0.6) is 0 Å². The number of carbonyl (C=O) groups excluding carboxylic acids is 1. The van der Waals surface area contributed by atoms with E-state index in [0.29, 0.717) is 21.4 Å². The molecular weight excluding hydrogens is 287 g/mol. The molecule has 0 aliphatic heterocycles. The molecule has 7 heteroatoms. The number of benzene rings is 1. The molecule has 0 unspecified atom stereocenters. The monoisotopic (exact) mass is 298 g/mol. The Hall–Kier alpha value is -1.59. The van der Waals surface area contributed by atoms with Crippen LogP contribution in [0.25, 0.3) is 0 Å². The molecule has 100 valence electrons. The van der Waals surface area contributed by atoms with Crippen LogP contribution in [0.2, 0.25) is 10.0 Å². The Balaban J connectivity index is 2.07. The van der Waals surface area contributed by atoms with Crippen molar-refractivity contribution in [3.05, 3.63) is 45.5 Å². The van der Waals surface area contributed by atoms with Gasteiger partial charge in [-0.2, -0.15) is 5.10 Å². The number of amides is 1. The highest BCUT2D eigenvalue weighted by molar-refractivity contribution is 6.36. The summed E-state index contributed by atoms with van der Waals surface area (Å²) in [5.74, 6) is 1.12. The summed E-state index contributed by atoms with van der Waals surface area (Å²) < 4.78 is 1.61. The third-order valence-corrected chi connectivity index (χ3v) is 3.08. The van der Waals surface area contributed by atoms with Crippen molar-refractivity contribution in [1.82, 2.24) is 20.1 Å². The molecule has 2 aromatic rings. The van der Waals surface area contributed by atoms with Crippen LogP contribution in [-0.4, -0.2) is 20.7 Å². The Labute approximate surface area is 120 Å². The highest BCUT2D eigenvalue weighted by Gasteiger charge is 2.11. The van der Waals surface area contributed by atoms with Gasteiger partial charge >= 0.3 is 0 Å². The van der Waals surface area contributed by atoms with E-state index in [-0.39, 0.29) is 12.6 Å². The molecular formula is C12H12Cl2N4O. The normalized spacial score (nSPS) is 10.5. The van der Waals surface area contributed by atoms with Crippen LogP contribution in [0.15, 0.2) is 18.2 Å². The van der Waals surface area contributed by atoms with E-state index in [4.69, 9.17) is 23.2 Å². The zero-order chi connectivity index (χ0) is 14.0. The van der Waals surface area contributed by atoms with Crippen molar-refractivity contribution in [2.75, 3.05) is 0 Å². The van der Waals surface area contributed by atoms with Gasteiger partial charge in [0.25, 0.3) is 5.91 Å². The zero-order valence-corrected chi connectivity index (χ0v) is 12.0. The summed E-state index contributed by atoms with van der Waals surface area (Å²) in [6.07, 6.45) is 0. The van der Waals surface area contributed by atoms with Crippen LogP contribution >= 0.6 is 23.2 Å². The van der Waals surface area contributed by atoms with Gasteiger partial charge in [0.2, 0.25) is 0 Å². The summed E-state index contributed by atoms with van der Waals surface area (Å²) in [7, 11) is 0. The fraction of sp³-hybridized carbons (Fsp3) is 0.250. The largest absolute Gasteiger partial charge is 0.333 e. The lowest BCUT2D eigenvalue weighted by Gasteiger charge is -2.07. The number of carbonyl (C=O) groups is 1. The molecule has 1 heterocycles. The SMILES string of the molecule is Cc1nc(C)n(CNC(=O)c2ccc(Cl)cc2Cl)n1. The molecule has 0 spiro atoms. The van der Waals surface area contributed by atoms with Crippen molar-refractivity contribution in [2.45, 2.75) is 20.5 Å². The van der Waals surface area contributed by atoms with E-state index >= 15 is 0 Å². The molecule has 0 saturated heterocycles. The summed E-state index contributed by atoms with van der Waals surface area (Å²) in [6, 6.07) is 4.73. The Kier molecular flexibility index (Phi) is 4.07. The lowest BCUT2D eigenvalue weighted by atomic mass is 10.2. The van der Waals surface area contributed by atoms with Crippen LogP contribution in [0.4, 0.5) is 0 Å². The van der Waals surface area contributed by atoms with Gasteiger partial charge < -0.3 is 5.32 Å². The summed E-state index contributed by atoms with van der Waals surface area (Å²) in [5.41, 5.74) is 0.376. The van der Waals surface area contributed by atoms with Crippen molar-refractivity contribution in [1.29, 1.82) is 0 Å². The van der Waals surface area contributed by atoms with Crippen molar-refractivity contribution in [3.8, 4) is 0 Å². The molecule has 0 radical (unpaired) electrons. The molecule has 5 nitrogen and oxygen atoms in total. The molecule has 1 aromatic heterocycles. The predicted octanol–water partition coefficient (Wildman–Crippen LogP) is 2.59. The number of hydrogen-bond acceptors (Lipinski definition) is 3. The van der Waals surface area contributed by atoms with Crippen LogP contribution in [0.1, 0.15) is 22.0 Å². The minimum atomic E-state index is -0.283. The number of aromatic nitrogens is 3. The van der Waals surface area contributed by atoms with E-state index in [1.165, 1.54) is 6.07 Å². The maximum Gasteiger partial charge on any atom is 0.254 e. The molecule has 0 bridgehead atoms. The molecule has 19 heavy (non-hydrogen) atoms. The van der Waals surface area contributed by atoms with E-state index in [1.807, 2.05) is 6.92 Å². The van der Waals surface area contributed by atoms with Gasteiger partial charge in [0.15, 0.2) is 0 Å². The maximum atomic E-state index is 12.0. The lowest BCUT2D eigenvalue weighted by Crippen LogP contribution is -2.27. The Morgan fingerprint density at radius 1 is 1.37 bits per heavy atom. The van der Waals surface area contributed by atoms with Gasteiger partial charge in [-0.3, -0.25) is 4.79 Å². The molecule has 2 rings (SSSR count). The van der Waals surface area contributed by atoms with Crippen LogP contribution in [0, 0.1) is 13.8 Å². The van der Waals surface area contributed by atoms with Gasteiger partial charge in [-0.1, -0.05) is 23.2 Å². The number of halogens is 2. The van der Waals surface area contributed by atoms with Gasteiger partial charge in [0, 0.05) is 5.02 Å². The third kappa shape index (κ3) is 3.24. The fourth-order valence-corrected chi connectivity index (χ4v) is 2.12. The van der Waals surface area contributed by atoms with Gasteiger partial charge in [-0.15, -0.1) is 0 Å². The molecule has 1 aromatic carbocycles. The molecule has 1 amide bonds. The summed E-state index contributed by atoms with van der Waals surface area (Å²) in [4.78, 5) is 16.1. The number of hydrogen-bond donors (Lipinski definition) is 1. The van der Waals surface area contributed by atoms with Crippen LogP contribution in [0.3, 0.4) is 0 Å². The lowest BCUT2D eigenvalue weighted by molar-refractivity contribution is 0.0940. The highest BCUT2D eigenvalue weighted by atomic mass is 35.5. The first-order chi connectivity index (χ1) is 8.97. The van der Waals surface area contributed by atoms with E-state index < -0.39 is 0 Å². The molecule has 1 N–H and O–H groups in total. The number of nitrogens with one attached hydrogen (secondary N) is 1. The number of aryl methyl sites for hydroxylation is 2. The average molecular weight is 299 g/mol. The van der Waals surface area contributed by atoms with Crippen LogP contribution in [-0.2, 0) is 6.67 Å². The Morgan fingerprint density at radius 2 is 2.11 bits per heavy atom. The Bertz CT molecular complexity index is 624. The highest BCUT2D eigenvalue weighted by Crippen LogP contribution is 2.20. The second-order valence-electron chi connectivity index (χ2n) is 3.99. The summed E-state index contributed by atoms with van der Waals surface area (Å²) >= 11 is 11.7. The minimum Gasteiger partial charge on any atom is -0.333 e. The van der Waals surface area contributed by atoms with Gasteiger partial charge in [-0.25, -0.2) is 9.67 Å². The van der Waals surface area contributed by atoms with E-state index in [2.05, 4.69) is 15.4 Å². The molecule has 0 aliphatic carbocycles. The molecule has 0 atom stereocenters. The Morgan fingerprint density at radius 3 is 2.68 bits per heavy atom. The smallest absolute Gasteiger partial charge is 0.254 e. The molecule has 0 aliphatic rings. The fourth-order valence-electron chi connectivity index (χ4n) is 1.63. The minimum absolute atomic E-state index is 0.241. The zero-order valence-electron chi connectivity index (χ0n) is 10.4. The first kappa shape index (κ1) is 13.8. The van der Waals surface area contributed by atoms with E-state index in [1.54, 1.807) is 23.7 Å². The second kappa shape index (κ2) is 5.59. The second-order valence-corrected chi connectivity index (χ2v) is 4.84. The van der Waals surface area contributed by atoms with Crippen molar-refractivity contribution >= 4 is 29.1 Å². The predicted molar refractivity (Wildman–Crippen MR) is 73.4 cm³/mol. The van der Waals surface area contributed by atoms with Gasteiger partial charge in [0.05, 0.1) is 10.6 Å². The van der Waals surface area contributed by atoms with Crippen molar-refractivity contribution in [2.24, 2.45) is 0 Å². The first-order valence-corrected chi connectivity index (χ1v) is 6.34. The maximum absolute atomic E-state index is 12.0. The third-order valence-electron chi connectivity index (χ3n) is 2.53. The molecule has 0 fully saturated rings. The van der Waals surface area contributed by atoms with E-state index in [9.17, 15) is 4.79 Å². The van der Waals surface area contributed by atoms with Crippen molar-refractivity contribution < 1.29 is 4.79 Å². The summed E-state index contributed by atoms with van der Waals surface area (Å²) in [5, 5.41) is 7.68. The van der Waals surface area contributed by atoms with Crippen molar-refractivity contribution in [3.63, 3.8) is 0 Å². The first-order valence-electron chi connectivity index (χ1n) is 5.58. The number of nitrogens with zero attached hydrogens (tertiary/aromatic N) is 3. The van der Waals surface area contributed by atoms with Gasteiger partial charge in [-0.05, 0) is 32.0 Å². The average Bonchev–Trinajstić information content (AvgIpc) is 2.65. The van der Waals surface area contributed by atoms with Gasteiger partial charge in [0.1, 0.15) is 18.3 Å². The summed E-state index contributed by atoms with van der Waals surface area (Å²) in [6.45, 7) is 3.85. The quantitative estimate of drug-likeness (QED) is 0.947. The number of rotatable bonds is 3. The standard InChI is InChI=1S/C12H12Cl2N4O/c1-7-16-8(2)18(17-7)6-15-12(19)10-4-3-9(13)5-11(10)14/h3-5H,6H2,1-2H3,(H,15,19). The topological polar surface area (TPSA) is 59.8 Å². The van der Waals surface area contributed by atoms with Crippen LogP contribution < -0.4 is 5.32 Å².